The van der Waals surface area contributed by atoms with Crippen LogP contribution in [0.25, 0.3) is 16.9 Å². The molecule has 0 saturated heterocycles. The van der Waals surface area contributed by atoms with E-state index in [0.717, 1.165) is 32.0 Å². The van der Waals surface area contributed by atoms with Crippen molar-refractivity contribution in [1.29, 1.82) is 0 Å². The van der Waals surface area contributed by atoms with Gasteiger partial charge in [-0.3, -0.25) is 0 Å². The summed E-state index contributed by atoms with van der Waals surface area (Å²) in [5.74, 6) is 1.56. The third kappa shape index (κ3) is 3.06. The number of benzene rings is 2. The molecule has 0 saturated carbocycles. The van der Waals surface area contributed by atoms with Crippen LogP contribution in [-0.2, 0) is 0 Å². The van der Waals surface area contributed by atoms with Gasteiger partial charge in [-0.05, 0) is 59.3 Å². The average Bonchev–Trinajstić information content (AvgIpc) is 3.04. The minimum atomic E-state index is 0.761. The maximum absolute atomic E-state index is 5.56. The first-order valence-electron chi connectivity index (χ1n) is 7.17. The van der Waals surface area contributed by atoms with Crippen molar-refractivity contribution in [3.63, 3.8) is 0 Å². The van der Waals surface area contributed by atoms with Gasteiger partial charge in [-0.25, -0.2) is 4.68 Å². The van der Waals surface area contributed by atoms with Gasteiger partial charge in [0.25, 0.3) is 0 Å². The van der Waals surface area contributed by atoms with E-state index in [0.29, 0.717) is 0 Å². The zero-order valence-electron chi connectivity index (χ0n) is 13.2. The summed E-state index contributed by atoms with van der Waals surface area (Å²) in [6.45, 7) is 2.07. The van der Waals surface area contributed by atoms with E-state index in [4.69, 9.17) is 9.47 Å². The highest BCUT2D eigenvalue weighted by molar-refractivity contribution is 14.1. The van der Waals surface area contributed by atoms with Crippen molar-refractivity contribution in [3.05, 3.63) is 57.8 Å². The molecule has 0 atom stereocenters. The van der Waals surface area contributed by atoms with Crippen LogP contribution in [0.5, 0.6) is 11.5 Å². The monoisotopic (exact) mass is 420 g/mol. The molecule has 1 aromatic heterocycles. The zero-order valence-corrected chi connectivity index (χ0v) is 15.4. The summed E-state index contributed by atoms with van der Waals surface area (Å²) in [7, 11) is 3.33. The molecule has 0 aliphatic carbocycles. The van der Waals surface area contributed by atoms with Gasteiger partial charge in [0.2, 0.25) is 0 Å². The van der Waals surface area contributed by atoms with Crippen molar-refractivity contribution in [2.45, 2.75) is 6.92 Å². The lowest BCUT2D eigenvalue weighted by molar-refractivity contribution is 0.393. The number of hydrogen-bond donors (Lipinski definition) is 0. The minimum Gasteiger partial charge on any atom is -0.496 e. The minimum absolute atomic E-state index is 0.761. The lowest BCUT2D eigenvalue weighted by Gasteiger charge is -2.14. The molecular weight excluding hydrogens is 403 g/mol. The summed E-state index contributed by atoms with van der Waals surface area (Å²) in [6.07, 6.45) is 1.80. The number of methoxy groups -OCH3 is 2. The van der Waals surface area contributed by atoms with Crippen molar-refractivity contribution < 1.29 is 9.47 Å². The van der Waals surface area contributed by atoms with Gasteiger partial charge in [-0.2, -0.15) is 5.10 Å². The van der Waals surface area contributed by atoms with Crippen LogP contribution in [0.15, 0.2) is 48.7 Å². The van der Waals surface area contributed by atoms with Crippen LogP contribution in [0.1, 0.15) is 5.56 Å². The predicted molar refractivity (Wildman–Crippen MR) is 99.6 cm³/mol. The number of aryl methyl sites for hydroxylation is 1. The molecule has 3 aromatic rings. The molecule has 0 aliphatic heterocycles. The second-order valence-corrected chi connectivity index (χ2v) is 6.32. The van der Waals surface area contributed by atoms with Crippen LogP contribution in [0.4, 0.5) is 0 Å². The van der Waals surface area contributed by atoms with Crippen LogP contribution in [-0.4, -0.2) is 24.0 Å². The molecule has 0 radical (unpaired) electrons. The second kappa shape index (κ2) is 6.62. The van der Waals surface area contributed by atoms with Crippen LogP contribution in [0, 0.1) is 10.5 Å². The Morgan fingerprint density at radius 1 is 1.00 bits per heavy atom. The Kier molecular flexibility index (Phi) is 4.56. The summed E-state index contributed by atoms with van der Waals surface area (Å²) >= 11 is 2.27. The van der Waals surface area contributed by atoms with Gasteiger partial charge < -0.3 is 9.47 Å². The molecule has 0 N–H and O–H groups in total. The molecule has 3 rings (SSSR count). The summed E-state index contributed by atoms with van der Waals surface area (Å²) in [5.41, 5.74) is 4.18. The lowest BCUT2D eigenvalue weighted by Crippen LogP contribution is -2.01. The Bertz CT molecular complexity index is 843. The Labute approximate surface area is 149 Å². The number of halogens is 1. The number of nitrogens with zero attached hydrogens (tertiary/aromatic N) is 2. The quantitative estimate of drug-likeness (QED) is 0.585. The van der Waals surface area contributed by atoms with E-state index in [1.54, 1.807) is 20.4 Å². The van der Waals surface area contributed by atoms with Gasteiger partial charge in [-0.1, -0.05) is 12.1 Å². The van der Waals surface area contributed by atoms with Gasteiger partial charge in [0.15, 0.2) is 0 Å². The van der Waals surface area contributed by atoms with Crippen LogP contribution < -0.4 is 9.47 Å². The first kappa shape index (κ1) is 15.9. The Balaban J connectivity index is 2.17. The molecule has 0 aliphatic rings. The maximum atomic E-state index is 5.56. The average molecular weight is 420 g/mol. The van der Waals surface area contributed by atoms with Crippen molar-refractivity contribution >= 4 is 22.6 Å². The highest BCUT2D eigenvalue weighted by Crippen LogP contribution is 2.37. The fraction of sp³-hybridized carbons (Fsp3) is 0.167. The normalized spacial score (nSPS) is 10.6. The van der Waals surface area contributed by atoms with E-state index in [1.807, 2.05) is 28.9 Å². The molecule has 0 spiro atoms. The Morgan fingerprint density at radius 2 is 1.78 bits per heavy atom. The van der Waals surface area contributed by atoms with Crippen molar-refractivity contribution in [2.24, 2.45) is 0 Å². The molecule has 0 amide bonds. The first-order chi connectivity index (χ1) is 11.1. The van der Waals surface area contributed by atoms with E-state index >= 15 is 0 Å². The predicted octanol–water partition coefficient (Wildman–Crippen LogP) is 4.47. The van der Waals surface area contributed by atoms with Crippen molar-refractivity contribution in [3.8, 4) is 28.4 Å². The van der Waals surface area contributed by atoms with Gasteiger partial charge in [-0.15, -0.1) is 0 Å². The van der Waals surface area contributed by atoms with Crippen molar-refractivity contribution in [1.82, 2.24) is 9.78 Å². The lowest BCUT2D eigenvalue weighted by atomic mass is 10.1. The summed E-state index contributed by atoms with van der Waals surface area (Å²) in [6, 6.07) is 14.2. The summed E-state index contributed by atoms with van der Waals surface area (Å²) < 4.78 is 13.9. The largest absolute Gasteiger partial charge is 0.496 e. The molecule has 0 bridgehead atoms. The number of aromatic nitrogens is 2. The van der Waals surface area contributed by atoms with Crippen LogP contribution in [0.3, 0.4) is 0 Å². The van der Waals surface area contributed by atoms with Crippen LogP contribution >= 0.6 is 22.6 Å². The number of rotatable bonds is 4. The number of ether oxygens (including phenoxy) is 2. The van der Waals surface area contributed by atoms with E-state index < -0.39 is 0 Å². The highest BCUT2D eigenvalue weighted by Gasteiger charge is 2.15. The van der Waals surface area contributed by atoms with Gasteiger partial charge in [0.1, 0.15) is 11.5 Å². The molecular formula is C18H17IN2O2. The van der Waals surface area contributed by atoms with E-state index in [2.05, 4.69) is 52.8 Å². The summed E-state index contributed by atoms with van der Waals surface area (Å²) in [4.78, 5) is 0. The van der Waals surface area contributed by atoms with Gasteiger partial charge in [0, 0.05) is 11.6 Å². The van der Waals surface area contributed by atoms with Crippen molar-refractivity contribution in [2.75, 3.05) is 14.2 Å². The molecule has 2 aromatic carbocycles. The molecule has 5 heteroatoms. The van der Waals surface area contributed by atoms with E-state index in [9.17, 15) is 0 Å². The van der Waals surface area contributed by atoms with E-state index in [1.165, 1.54) is 5.56 Å². The first-order valence-corrected chi connectivity index (χ1v) is 8.25. The molecule has 0 unspecified atom stereocenters. The standard InChI is InChI=1S/C18H17IN2O2/c1-12-5-4-6-13(9-12)21-16(7-8-20-21)14-10-15(19)18(23-3)11-17(14)22-2/h4-11H,1-3H3. The molecule has 0 fully saturated rings. The van der Waals surface area contributed by atoms with E-state index in [-0.39, 0.29) is 0 Å². The fourth-order valence-electron chi connectivity index (χ4n) is 2.53. The molecule has 23 heavy (non-hydrogen) atoms. The molecule has 1 heterocycles. The molecule has 118 valence electrons. The zero-order chi connectivity index (χ0) is 16.4. The smallest absolute Gasteiger partial charge is 0.135 e. The molecule has 4 nitrogen and oxygen atoms in total. The van der Waals surface area contributed by atoms with Gasteiger partial charge >= 0.3 is 0 Å². The Hall–Kier alpha value is -2.02. The third-order valence-corrected chi connectivity index (χ3v) is 4.48. The fourth-order valence-corrected chi connectivity index (χ4v) is 3.22. The SMILES string of the molecule is COc1cc(OC)c(-c2ccnn2-c2cccc(C)c2)cc1I. The maximum Gasteiger partial charge on any atom is 0.135 e. The van der Waals surface area contributed by atoms with Crippen LogP contribution in [0.2, 0.25) is 0 Å². The van der Waals surface area contributed by atoms with Gasteiger partial charge in [0.05, 0.1) is 35.4 Å². The number of hydrogen-bond acceptors (Lipinski definition) is 3. The topological polar surface area (TPSA) is 36.3 Å². The third-order valence-electron chi connectivity index (χ3n) is 3.64. The Morgan fingerprint density at radius 3 is 2.48 bits per heavy atom. The summed E-state index contributed by atoms with van der Waals surface area (Å²) in [5, 5.41) is 4.48. The second-order valence-electron chi connectivity index (χ2n) is 5.15. The highest BCUT2D eigenvalue weighted by atomic mass is 127.